The third-order valence-corrected chi connectivity index (χ3v) is 4.44. The van der Waals surface area contributed by atoms with Crippen LogP contribution in [0.2, 0.25) is 0 Å². The van der Waals surface area contributed by atoms with Crippen molar-refractivity contribution in [1.82, 2.24) is 15.1 Å². The fraction of sp³-hybridized carbons (Fsp3) is 1.00. The first kappa shape index (κ1) is 15.2. The zero-order valence-electron chi connectivity index (χ0n) is 13.0. The first-order chi connectivity index (χ1) is 9.10. The van der Waals surface area contributed by atoms with Crippen LogP contribution in [-0.4, -0.2) is 75.4 Å². The van der Waals surface area contributed by atoms with Crippen LogP contribution >= 0.6 is 0 Å². The molecule has 4 nitrogen and oxygen atoms in total. The Kier molecular flexibility index (Phi) is 5.63. The van der Waals surface area contributed by atoms with Gasteiger partial charge in [0.25, 0.3) is 0 Å². The lowest BCUT2D eigenvalue weighted by Crippen LogP contribution is -2.47. The topological polar surface area (TPSA) is 27.7 Å². The molecule has 1 unspecified atom stereocenters. The number of rotatable bonds is 5. The molecule has 2 saturated heterocycles. The quantitative estimate of drug-likeness (QED) is 0.807. The molecule has 112 valence electrons. The second-order valence-corrected chi connectivity index (χ2v) is 6.77. The highest BCUT2D eigenvalue weighted by Gasteiger charge is 2.36. The average Bonchev–Trinajstić information content (AvgIpc) is 2.73. The molecule has 0 bridgehead atoms. The largest absolute Gasteiger partial charge is 0.381 e. The van der Waals surface area contributed by atoms with Gasteiger partial charge in [-0.05, 0) is 33.0 Å². The van der Waals surface area contributed by atoms with Gasteiger partial charge >= 0.3 is 0 Å². The number of ether oxygens (including phenoxy) is 1. The molecule has 0 saturated carbocycles. The lowest BCUT2D eigenvalue weighted by molar-refractivity contribution is 0.108. The standard InChI is InChI=1S/C15H31N3O/c1-14(2)16-11-15(5-10-19-13-15)12-18-7-4-6-17(3)8-9-18/h14,16H,4-13H2,1-3H3. The maximum absolute atomic E-state index is 5.71. The lowest BCUT2D eigenvalue weighted by atomic mass is 9.86. The summed E-state index contributed by atoms with van der Waals surface area (Å²) in [7, 11) is 2.23. The second kappa shape index (κ2) is 7.02. The Morgan fingerprint density at radius 2 is 2.05 bits per heavy atom. The fourth-order valence-electron chi connectivity index (χ4n) is 3.12. The van der Waals surface area contributed by atoms with Crippen LogP contribution in [-0.2, 0) is 4.74 Å². The van der Waals surface area contributed by atoms with Crippen molar-refractivity contribution in [1.29, 1.82) is 0 Å². The molecule has 2 aliphatic rings. The van der Waals surface area contributed by atoms with Gasteiger partial charge in [-0.3, -0.25) is 0 Å². The van der Waals surface area contributed by atoms with Gasteiger partial charge in [0.1, 0.15) is 0 Å². The van der Waals surface area contributed by atoms with E-state index in [1.807, 2.05) is 0 Å². The van der Waals surface area contributed by atoms with E-state index in [1.54, 1.807) is 0 Å². The highest BCUT2D eigenvalue weighted by atomic mass is 16.5. The molecule has 0 aromatic carbocycles. The van der Waals surface area contributed by atoms with Gasteiger partial charge in [0.15, 0.2) is 0 Å². The van der Waals surface area contributed by atoms with Gasteiger partial charge < -0.3 is 19.9 Å². The Hall–Kier alpha value is -0.160. The molecular formula is C15H31N3O. The van der Waals surface area contributed by atoms with Gasteiger partial charge in [0.05, 0.1) is 6.61 Å². The van der Waals surface area contributed by atoms with E-state index in [9.17, 15) is 0 Å². The van der Waals surface area contributed by atoms with E-state index in [0.29, 0.717) is 11.5 Å². The third kappa shape index (κ3) is 4.71. The molecule has 2 heterocycles. The summed E-state index contributed by atoms with van der Waals surface area (Å²) in [6, 6.07) is 0.563. The molecule has 2 aliphatic heterocycles. The van der Waals surface area contributed by atoms with Crippen LogP contribution in [0.25, 0.3) is 0 Å². The SMILES string of the molecule is CC(C)NCC1(CN2CCCN(C)CC2)CCOC1. The summed E-state index contributed by atoms with van der Waals surface area (Å²) in [5.41, 5.74) is 0.340. The molecule has 0 aliphatic carbocycles. The molecule has 19 heavy (non-hydrogen) atoms. The van der Waals surface area contributed by atoms with Gasteiger partial charge in [-0.15, -0.1) is 0 Å². The molecule has 0 amide bonds. The van der Waals surface area contributed by atoms with E-state index >= 15 is 0 Å². The van der Waals surface area contributed by atoms with E-state index in [4.69, 9.17) is 4.74 Å². The molecular weight excluding hydrogens is 238 g/mol. The first-order valence-electron chi connectivity index (χ1n) is 7.82. The van der Waals surface area contributed by atoms with Crippen LogP contribution in [0.4, 0.5) is 0 Å². The highest BCUT2D eigenvalue weighted by Crippen LogP contribution is 2.29. The van der Waals surface area contributed by atoms with Crippen molar-refractivity contribution in [2.75, 3.05) is 59.5 Å². The van der Waals surface area contributed by atoms with Crippen molar-refractivity contribution in [3.8, 4) is 0 Å². The highest BCUT2D eigenvalue weighted by molar-refractivity contribution is 4.89. The Balaban J connectivity index is 1.88. The molecule has 0 radical (unpaired) electrons. The average molecular weight is 269 g/mol. The van der Waals surface area contributed by atoms with Crippen LogP contribution in [0.5, 0.6) is 0 Å². The number of nitrogens with one attached hydrogen (secondary N) is 1. The van der Waals surface area contributed by atoms with E-state index in [2.05, 4.69) is 36.0 Å². The van der Waals surface area contributed by atoms with Gasteiger partial charge in [-0.25, -0.2) is 0 Å². The minimum absolute atomic E-state index is 0.340. The summed E-state index contributed by atoms with van der Waals surface area (Å²) < 4.78 is 5.71. The monoisotopic (exact) mass is 269 g/mol. The minimum Gasteiger partial charge on any atom is -0.381 e. The first-order valence-corrected chi connectivity index (χ1v) is 7.82. The number of likely N-dealkylation sites (N-methyl/N-ethyl adjacent to an activating group) is 1. The van der Waals surface area contributed by atoms with Gasteiger partial charge in [-0.1, -0.05) is 13.8 Å². The van der Waals surface area contributed by atoms with Gasteiger partial charge in [-0.2, -0.15) is 0 Å². The summed E-state index contributed by atoms with van der Waals surface area (Å²) in [6.07, 6.45) is 2.50. The van der Waals surface area contributed by atoms with Crippen LogP contribution in [0.1, 0.15) is 26.7 Å². The second-order valence-electron chi connectivity index (χ2n) is 6.77. The number of hydrogen-bond donors (Lipinski definition) is 1. The summed E-state index contributed by atoms with van der Waals surface area (Å²) >= 11 is 0. The predicted octanol–water partition coefficient (Wildman–Crippen LogP) is 1.03. The van der Waals surface area contributed by atoms with Crippen molar-refractivity contribution in [3.63, 3.8) is 0 Å². The van der Waals surface area contributed by atoms with Crippen LogP contribution in [0.3, 0.4) is 0 Å². The Morgan fingerprint density at radius 3 is 2.74 bits per heavy atom. The van der Waals surface area contributed by atoms with Crippen LogP contribution in [0.15, 0.2) is 0 Å². The van der Waals surface area contributed by atoms with Crippen molar-refractivity contribution in [2.24, 2.45) is 5.41 Å². The smallest absolute Gasteiger partial charge is 0.0547 e. The normalized spacial score (nSPS) is 30.9. The summed E-state index contributed by atoms with van der Waals surface area (Å²) in [6.45, 7) is 13.5. The molecule has 0 aromatic heterocycles. The van der Waals surface area contributed by atoms with Crippen molar-refractivity contribution >= 4 is 0 Å². The fourth-order valence-corrected chi connectivity index (χ4v) is 3.12. The lowest BCUT2D eigenvalue weighted by Gasteiger charge is -2.34. The van der Waals surface area contributed by atoms with Crippen molar-refractivity contribution in [2.45, 2.75) is 32.7 Å². The van der Waals surface area contributed by atoms with Crippen molar-refractivity contribution in [3.05, 3.63) is 0 Å². The zero-order chi connectivity index (χ0) is 13.7. The number of hydrogen-bond acceptors (Lipinski definition) is 4. The van der Waals surface area contributed by atoms with Crippen LogP contribution in [0, 0.1) is 5.41 Å². The van der Waals surface area contributed by atoms with E-state index in [-0.39, 0.29) is 0 Å². The zero-order valence-corrected chi connectivity index (χ0v) is 13.0. The molecule has 1 N–H and O–H groups in total. The van der Waals surface area contributed by atoms with E-state index < -0.39 is 0 Å². The molecule has 1 atom stereocenters. The summed E-state index contributed by atoms with van der Waals surface area (Å²) in [5, 5.41) is 3.63. The molecule has 2 fully saturated rings. The Labute approximate surface area is 118 Å². The third-order valence-electron chi connectivity index (χ3n) is 4.44. The maximum Gasteiger partial charge on any atom is 0.0547 e. The molecule has 0 spiro atoms. The minimum atomic E-state index is 0.340. The van der Waals surface area contributed by atoms with Crippen LogP contribution < -0.4 is 5.32 Å². The van der Waals surface area contributed by atoms with Crippen molar-refractivity contribution < 1.29 is 4.74 Å². The van der Waals surface area contributed by atoms with Gasteiger partial charge in [0, 0.05) is 44.2 Å². The Bertz CT molecular complexity index is 264. The van der Waals surface area contributed by atoms with E-state index in [0.717, 1.165) is 19.8 Å². The number of nitrogens with zero attached hydrogens (tertiary/aromatic N) is 2. The maximum atomic E-state index is 5.71. The molecule has 4 heteroatoms. The summed E-state index contributed by atoms with van der Waals surface area (Å²) in [5.74, 6) is 0. The molecule has 0 aromatic rings. The molecule has 2 rings (SSSR count). The Morgan fingerprint density at radius 1 is 1.21 bits per heavy atom. The predicted molar refractivity (Wildman–Crippen MR) is 79.6 cm³/mol. The van der Waals surface area contributed by atoms with E-state index in [1.165, 1.54) is 45.6 Å². The van der Waals surface area contributed by atoms with Gasteiger partial charge in [0.2, 0.25) is 0 Å². The summed E-state index contributed by atoms with van der Waals surface area (Å²) in [4.78, 5) is 5.10.